The SMILES string of the molecule is CN(C)CCC[13CH2]NC(=O)c1ccccc1. The van der Waals surface area contributed by atoms with Crippen LogP contribution in [-0.2, 0) is 0 Å². The highest BCUT2D eigenvalue weighted by molar-refractivity contribution is 5.94. The molecule has 0 aliphatic carbocycles. The zero-order valence-electron chi connectivity index (χ0n) is 10.1. The number of hydrogen-bond donors (Lipinski definition) is 1. The van der Waals surface area contributed by atoms with Crippen LogP contribution < -0.4 is 5.32 Å². The van der Waals surface area contributed by atoms with Crippen molar-refractivity contribution in [3.63, 3.8) is 0 Å². The molecule has 0 aliphatic heterocycles. The Balaban J connectivity index is 2.16. The van der Waals surface area contributed by atoms with Crippen LogP contribution in [-0.4, -0.2) is 38.0 Å². The molecule has 0 spiro atoms. The molecule has 0 saturated heterocycles. The molecule has 1 aromatic carbocycles. The summed E-state index contributed by atoms with van der Waals surface area (Å²) in [4.78, 5) is 13.8. The van der Waals surface area contributed by atoms with Crippen molar-refractivity contribution in [3.8, 4) is 0 Å². The summed E-state index contributed by atoms with van der Waals surface area (Å²) in [6.07, 6.45) is 2.14. The van der Waals surface area contributed by atoms with Gasteiger partial charge in [-0.25, -0.2) is 0 Å². The molecule has 1 amide bonds. The number of nitrogens with one attached hydrogen (secondary N) is 1. The Hall–Kier alpha value is -1.35. The van der Waals surface area contributed by atoms with Crippen LogP contribution in [0.25, 0.3) is 0 Å². The van der Waals surface area contributed by atoms with Gasteiger partial charge in [-0.1, -0.05) is 18.2 Å². The summed E-state index contributed by atoms with van der Waals surface area (Å²) in [5.41, 5.74) is 0.732. The van der Waals surface area contributed by atoms with Crippen molar-refractivity contribution in [1.29, 1.82) is 0 Å². The lowest BCUT2D eigenvalue weighted by molar-refractivity contribution is 0.0953. The summed E-state index contributed by atoms with van der Waals surface area (Å²) >= 11 is 0. The van der Waals surface area contributed by atoms with Crippen LogP contribution in [0.4, 0.5) is 0 Å². The zero-order chi connectivity index (χ0) is 11.8. The number of amides is 1. The number of hydrogen-bond acceptors (Lipinski definition) is 2. The van der Waals surface area contributed by atoms with Gasteiger partial charge in [0.15, 0.2) is 0 Å². The molecule has 0 atom stereocenters. The lowest BCUT2D eigenvalue weighted by Gasteiger charge is -2.09. The van der Waals surface area contributed by atoms with Gasteiger partial charge in [-0.3, -0.25) is 4.79 Å². The first-order valence-electron chi connectivity index (χ1n) is 5.68. The summed E-state index contributed by atoms with van der Waals surface area (Å²) < 4.78 is 0. The number of unbranched alkanes of at least 4 members (excludes halogenated alkanes) is 1. The van der Waals surface area contributed by atoms with Gasteiger partial charge in [0.05, 0.1) is 0 Å². The van der Waals surface area contributed by atoms with E-state index in [1.165, 1.54) is 0 Å². The second-order valence-electron chi connectivity index (χ2n) is 4.13. The van der Waals surface area contributed by atoms with Crippen molar-refractivity contribution in [2.45, 2.75) is 12.8 Å². The van der Waals surface area contributed by atoms with Gasteiger partial charge < -0.3 is 10.2 Å². The standard InChI is InChI=1S/C13H20N2O/c1-15(2)11-7-6-10-14-13(16)12-8-4-3-5-9-12/h3-5,8-9H,6-7,10-11H2,1-2H3,(H,14,16)/i10+1. The third-order valence-corrected chi connectivity index (χ3v) is 2.35. The van der Waals surface area contributed by atoms with Gasteiger partial charge in [0, 0.05) is 12.1 Å². The van der Waals surface area contributed by atoms with E-state index in [9.17, 15) is 4.79 Å². The Morgan fingerprint density at radius 2 is 1.88 bits per heavy atom. The van der Waals surface area contributed by atoms with Gasteiger partial charge >= 0.3 is 0 Å². The van der Waals surface area contributed by atoms with E-state index in [4.69, 9.17) is 0 Å². The van der Waals surface area contributed by atoms with E-state index in [0.717, 1.165) is 31.5 Å². The van der Waals surface area contributed by atoms with Crippen LogP contribution in [0.15, 0.2) is 30.3 Å². The van der Waals surface area contributed by atoms with Crippen molar-refractivity contribution in [2.75, 3.05) is 27.2 Å². The first-order valence-corrected chi connectivity index (χ1v) is 5.68. The highest BCUT2D eigenvalue weighted by Gasteiger charge is 2.02. The quantitative estimate of drug-likeness (QED) is 0.586. The van der Waals surface area contributed by atoms with Crippen LogP contribution in [0.1, 0.15) is 23.2 Å². The minimum atomic E-state index is 0.0189. The van der Waals surface area contributed by atoms with E-state index in [1.54, 1.807) is 0 Å². The maximum absolute atomic E-state index is 11.6. The molecule has 3 heteroatoms. The summed E-state index contributed by atoms with van der Waals surface area (Å²) in [5, 5.41) is 2.92. The minimum absolute atomic E-state index is 0.0189. The van der Waals surface area contributed by atoms with Crippen molar-refractivity contribution in [3.05, 3.63) is 35.9 Å². The summed E-state index contributed by atoms with van der Waals surface area (Å²) in [7, 11) is 4.12. The normalized spacial score (nSPS) is 10.4. The van der Waals surface area contributed by atoms with E-state index in [-0.39, 0.29) is 5.91 Å². The monoisotopic (exact) mass is 221 g/mol. The van der Waals surface area contributed by atoms with E-state index in [1.807, 2.05) is 30.3 Å². The number of nitrogens with zero attached hydrogens (tertiary/aromatic N) is 1. The first-order chi connectivity index (χ1) is 7.70. The van der Waals surface area contributed by atoms with Gasteiger partial charge in [-0.15, -0.1) is 0 Å². The van der Waals surface area contributed by atoms with E-state index in [2.05, 4.69) is 24.3 Å². The number of benzene rings is 1. The predicted octanol–water partition coefficient (Wildman–Crippen LogP) is 1.76. The first kappa shape index (κ1) is 12.7. The van der Waals surface area contributed by atoms with Gasteiger partial charge in [0.1, 0.15) is 0 Å². The number of carbonyl (C=O) groups excluding carboxylic acids is 1. The fraction of sp³-hybridized carbons (Fsp3) is 0.462. The van der Waals surface area contributed by atoms with Gasteiger partial charge in [0.25, 0.3) is 5.91 Å². The molecule has 0 aromatic heterocycles. The topological polar surface area (TPSA) is 32.3 Å². The highest BCUT2D eigenvalue weighted by Crippen LogP contribution is 1.98. The molecule has 1 aromatic rings. The molecular weight excluding hydrogens is 201 g/mol. The smallest absolute Gasteiger partial charge is 0.251 e. The van der Waals surface area contributed by atoms with Crippen LogP contribution in [0.5, 0.6) is 0 Å². The number of rotatable bonds is 6. The van der Waals surface area contributed by atoms with Crippen LogP contribution in [0.2, 0.25) is 0 Å². The van der Waals surface area contributed by atoms with Crippen molar-refractivity contribution in [1.82, 2.24) is 10.2 Å². The van der Waals surface area contributed by atoms with Crippen molar-refractivity contribution in [2.24, 2.45) is 0 Å². The summed E-state index contributed by atoms with van der Waals surface area (Å²) in [5.74, 6) is 0.0189. The fourth-order valence-electron chi connectivity index (χ4n) is 1.45. The maximum atomic E-state index is 11.6. The summed E-state index contributed by atoms with van der Waals surface area (Å²) in [6.45, 7) is 1.82. The Labute approximate surface area is 97.5 Å². The molecule has 0 aliphatic rings. The molecule has 88 valence electrons. The van der Waals surface area contributed by atoms with Crippen molar-refractivity contribution < 1.29 is 4.79 Å². The Kier molecular flexibility index (Phi) is 5.57. The van der Waals surface area contributed by atoms with Gasteiger partial charge in [-0.05, 0) is 45.6 Å². The second-order valence-corrected chi connectivity index (χ2v) is 4.13. The molecule has 0 radical (unpaired) electrons. The van der Waals surface area contributed by atoms with Crippen LogP contribution >= 0.6 is 0 Å². The molecule has 1 N–H and O–H groups in total. The molecule has 0 fully saturated rings. The van der Waals surface area contributed by atoms with E-state index in [0.29, 0.717) is 0 Å². The van der Waals surface area contributed by atoms with Gasteiger partial charge in [0.2, 0.25) is 0 Å². The Morgan fingerprint density at radius 1 is 1.19 bits per heavy atom. The van der Waals surface area contributed by atoms with E-state index >= 15 is 0 Å². The highest BCUT2D eigenvalue weighted by atomic mass is 16.2. The average molecular weight is 221 g/mol. The fourth-order valence-corrected chi connectivity index (χ4v) is 1.45. The number of carbonyl (C=O) groups is 1. The third-order valence-electron chi connectivity index (χ3n) is 2.35. The summed E-state index contributed by atoms with van der Waals surface area (Å²) in [6, 6.07) is 9.32. The predicted molar refractivity (Wildman–Crippen MR) is 66.6 cm³/mol. The van der Waals surface area contributed by atoms with E-state index < -0.39 is 0 Å². The van der Waals surface area contributed by atoms with Gasteiger partial charge in [-0.2, -0.15) is 0 Å². The largest absolute Gasteiger partial charge is 0.352 e. The molecule has 0 unspecified atom stereocenters. The molecule has 0 bridgehead atoms. The molecular formula is C13H20N2O. The lowest BCUT2D eigenvalue weighted by Crippen LogP contribution is -2.25. The Morgan fingerprint density at radius 3 is 2.50 bits per heavy atom. The molecule has 1 rings (SSSR count). The minimum Gasteiger partial charge on any atom is -0.352 e. The lowest BCUT2D eigenvalue weighted by atomic mass is 10.2. The molecule has 0 heterocycles. The zero-order valence-corrected chi connectivity index (χ0v) is 10.1. The maximum Gasteiger partial charge on any atom is 0.251 e. The molecule has 3 nitrogen and oxygen atoms in total. The van der Waals surface area contributed by atoms with Crippen molar-refractivity contribution >= 4 is 5.91 Å². The molecule has 16 heavy (non-hydrogen) atoms. The second kappa shape index (κ2) is 7.01. The van der Waals surface area contributed by atoms with Crippen LogP contribution in [0, 0.1) is 0 Å². The third kappa shape index (κ3) is 4.94. The average Bonchev–Trinajstić information content (AvgIpc) is 2.29. The Bertz CT molecular complexity index is 309. The molecule has 0 saturated carbocycles. The van der Waals surface area contributed by atoms with Crippen LogP contribution in [0.3, 0.4) is 0 Å².